The van der Waals surface area contributed by atoms with Gasteiger partial charge in [-0.05, 0) is 67.5 Å². The van der Waals surface area contributed by atoms with Crippen molar-refractivity contribution in [2.45, 2.75) is 37.4 Å². The number of hydrogen-bond acceptors (Lipinski definition) is 5. The Kier molecular flexibility index (Phi) is 8.66. The van der Waals surface area contributed by atoms with E-state index in [1.165, 1.54) is 0 Å². The van der Waals surface area contributed by atoms with Gasteiger partial charge in [0, 0.05) is 0 Å². The number of sulfonamides is 1. The molecule has 6 nitrogen and oxygen atoms in total. The predicted molar refractivity (Wildman–Crippen MR) is 122 cm³/mol. The van der Waals surface area contributed by atoms with Crippen molar-refractivity contribution >= 4 is 10.0 Å². The van der Waals surface area contributed by atoms with Crippen LogP contribution in [0.5, 0.6) is 11.5 Å². The molecule has 0 amide bonds. The molecular weight excluding hydrogens is 412 g/mol. The molecule has 0 unspecified atom stereocenters. The van der Waals surface area contributed by atoms with E-state index < -0.39 is 20.7 Å². The Bertz CT molecular complexity index is 944. The first-order valence-electron chi connectivity index (χ1n) is 10.0. The highest BCUT2D eigenvalue weighted by Crippen LogP contribution is 2.36. The zero-order chi connectivity index (χ0) is 22.9. The van der Waals surface area contributed by atoms with Gasteiger partial charge in [-0.2, -0.15) is 5.26 Å². The largest absolute Gasteiger partial charge is 0.497 e. The van der Waals surface area contributed by atoms with Crippen LogP contribution in [0.25, 0.3) is 0 Å². The number of nitriles is 1. The molecule has 1 atom stereocenters. The molecule has 31 heavy (non-hydrogen) atoms. The van der Waals surface area contributed by atoms with Crippen molar-refractivity contribution in [2.75, 3.05) is 14.2 Å². The SMILES string of the molecule is C=CCC[C@@H](CC(C#N)(Cc1ccc(OC)cc1)Cc1ccc(OC)cc1)S(N)(=O)=O. The lowest BCUT2D eigenvalue weighted by Gasteiger charge is -2.30. The second kappa shape index (κ2) is 11.0. The third kappa shape index (κ3) is 7.12. The zero-order valence-electron chi connectivity index (χ0n) is 18.1. The topological polar surface area (TPSA) is 102 Å². The number of nitrogens with zero attached hydrogens (tertiary/aromatic N) is 1. The van der Waals surface area contributed by atoms with E-state index in [0.29, 0.717) is 25.7 Å². The number of ether oxygens (including phenoxy) is 2. The van der Waals surface area contributed by atoms with E-state index in [0.717, 1.165) is 22.6 Å². The summed E-state index contributed by atoms with van der Waals surface area (Å²) in [7, 11) is -0.642. The monoisotopic (exact) mass is 442 g/mol. The van der Waals surface area contributed by atoms with Crippen LogP contribution >= 0.6 is 0 Å². The smallest absolute Gasteiger partial charge is 0.212 e. The minimum absolute atomic E-state index is 0.133. The molecule has 0 radical (unpaired) electrons. The van der Waals surface area contributed by atoms with Crippen LogP contribution in [0.2, 0.25) is 0 Å². The number of allylic oxidation sites excluding steroid dienone is 1. The lowest BCUT2D eigenvalue weighted by Crippen LogP contribution is -2.37. The van der Waals surface area contributed by atoms with E-state index in [-0.39, 0.29) is 6.42 Å². The molecule has 0 fully saturated rings. The summed E-state index contributed by atoms with van der Waals surface area (Å²) in [5, 5.41) is 15.0. The average molecular weight is 443 g/mol. The van der Waals surface area contributed by atoms with Gasteiger partial charge in [-0.3, -0.25) is 0 Å². The molecule has 2 N–H and O–H groups in total. The summed E-state index contributed by atoms with van der Waals surface area (Å²) in [5.41, 5.74) is 0.891. The Hall–Kier alpha value is -2.82. The average Bonchev–Trinajstić information content (AvgIpc) is 2.76. The Morgan fingerprint density at radius 2 is 1.48 bits per heavy atom. The van der Waals surface area contributed by atoms with Crippen LogP contribution < -0.4 is 14.6 Å². The number of hydrogen-bond donors (Lipinski definition) is 1. The van der Waals surface area contributed by atoms with E-state index in [4.69, 9.17) is 14.6 Å². The van der Waals surface area contributed by atoms with Crippen LogP contribution in [0.15, 0.2) is 61.2 Å². The first kappa shape index (κ1) is 24.4. The minimum atomic E-state index is -3.83. The van der Waals surface area contributed by atoms with Gasteiger partial charge in [-0.1, -0.05) is 30.3 Å². The van der Waals surface area contributed by atoms with Crippen molar-refractivity contribution in [3.8, 4) is 17.6 Å². The van der Waals surface area contributed by atoms with Crippen LogP contribution in [-0.2, 0) is 22.9 Å². The molecule has 0 aliphatic carbocycles. The van der Waals surface area contributed by atoms with Gasteiger partial charge in [-0.15, -0.1) is 6.58 Å². The first-order chi connectivity index (χ1) is 14.7. The van der Waals surface area contributed by atoms with Gasteiger partial charge in [0.15, 0.2) is 0 Å². The van der Waals surface area contributed by atoms with Gasteiger partial charge in [-0.25, -0.2) is 13.6 Å². The van der Waals surface area contributed by atoms with Crippen molar-refractivity contribution in [3.05, 3.63) is 72.3 Å². The molecule has 0 spiro atoms. The van der Waals surface area contributed by atoms with Crippen molar-refractivity contribution < 1.29 is 17.9 Å². The maximum absolute atomic E-state index is 12.3. The van der Waals surface area contributed by atoms with Gasteiger partial charge < -0.3 is 9.47 Å². The maximum atomic E-state index is 12.3. The Morgan fingerprint density at radius 1 is 1.03 bits per heavy atom. The van der Waals surface area contributed by atoms with E-state index in [1.54, 1.807) is 20.3 Å². The molecule has 2 rings (SSSR count). The Balaban J connectivity index is 2.42. The molecule has 7 heteroatoms. The van der Waals surface area contributed by atoms with Crippen molar-refractivity contribution in [3.63, 3.8) is 0 Å². The summed E-state index contributed by atoms with van der Waals surface area (Å²) in [4.78, 5) is 0. The summed E-state index contributed by atoms with van der Waals surface area (Å²) in [6, 6.07) is 17.4. The second-order valence-electron chi connectivity index (χ2n) is 7.72. The fourth-order valence-electron chi connectivity index (χ4n) is 3.72. The first-order valence-corrected chi connectivity index (χ1v) is 11.7. The van der Waals surface area contributed by atoms with Gasteiger partial charge in [0.2, 0.25) is 10.0 Å². The molecule has 0 aliphatic rings. The number of primary sulfonamides is 1. The third-order valence-corrected chi connectivity index (χ3v) is 6.75. The van der Waals surface area contributed by atoms with Crippen LogP contribution in [0.4, 0.5) is 0 Å². The second-order valence-corrected chi connectivity index (χ2v) is 9.57. The molecule has 0 saturated carbocycles. The molecule has 0 heterocycles. The number of methoxy groups -OCH3 is 2. The van der Waals surface area contributed by atoms with E-state index in [9.17, 15) is 13.7 Å². The van der Waals surface area contributed by atoms with Gasteiger partial charge >= 0.3 is 0 Å². The highest BCUT2D eigenvalue weighted by molar-refractivity contribution is 7.89. The van der Waals surface area contributed by atoms with E-state index >= 15 is 0 Å². The van der Waals surface area contributed by atoms with Gasteiger partial charge in [0.05, 0.1) is 31.0 Å². The predicted octanol–water partition coefficient (Wildman–Crippen LogP) is 4.01. The summed E-state index contributed by atoms with van der Waals surface area (Å²) in [6.07, 6.45) is 3.41. The maximum Gasteiger partial charge on any atom is 0.212 e. The Morgan fingerprint density at radius 3 is 1.81 bits per heavy atom. The highest BCUT2D eigenvalue weighted by Gasteiger charge is 2.37. The molecular formula is C24H30N2O4S. The third-order valence-electron chi connectivity index (χ3n) is 5.42. The fraction of sp³-hybridized carbons (Fsp3) is 0.375. The summed E-state index contributed by atoms with van der Waals surface area (Å²) in [6.45, 7) is 3.68. The quantitative estimate of drug-likeness (QED) is 0.500. The van der Waals surface area contributed by atoms with Crippen molar-refractivity contribution in [2.24, 2.45) is 10.6 Å². The molecule has 0 aromatic heterocycles. The lowest BCUT2D eigenvalue weighted by atomic mass is 9.74. The zero-order valence-corrected chi connectivity index (χ0v) is 18.9. The van der Waals surface area contributed by atoms with Crippen LogP contribution in [-0.4, -0.2) is 27.9 Å². The van der Waals surface area contributed by atoms with Crippen molar-refractivity contribution in [1.82, 2.24) is 0 Å². The molecule has 2 aromatic rings. The van der Waals surface area contributed by atoms with Crippen LogP contribution in [0, 0.1) is 16.7 Å². The molecule has 0 bridgehead atoms. The highest BCUT2D eigenvalue weighted by atomic mass is 32.2. The molecule has 0 saturated heterocycles. The molecule has 0 aliphatic heterocycles. The molecule has 2 aromatic carbocycles. The van der Waals surface area contributed by atoms with E-state index in [1.807, 2.05) is 48.5 Å². The van der Waals surface area contributed by atoms with Crippen LogP contribution in [0.1, 0.15) is 30.4 Å². The van der Waals surface area contributed by atoms with Crippen LogP contribution in [0.3, 0.4) is 0 Å². The standard InChI is InChI=1S/C24H30N2O4S/c1-4-5-6-23(31(26,27)28)17-24(18-25,15-19-7-11-21(29-2)12-8-19)16-20-9-13-22(30-3)14-10-20/h4,7-14,23H,1,5-6,15-17H2,2-3H3,(H2,26,27,28)/t23-/m0/s1. The number of nitrogens with two attached hydrogens (primary N) is 1. The lowest BCUT2D eigenvalue weighted by molar-refractivity contribution is 0.342. The normalized spacial score (nSPS) is 12.6. The molecule has 166 valence electrons. The van der Waals surface area contributed by atoms with E-state index in [2.05, 4.69) is 12.6 Å². The van der Waals surface area contributed by atoms with Gasteiger partial charge in [0.25, 0.3) is 0 Å². The van der Waals surface area contributed by atoms with Gasteiger partial charge in [0.1, 0.15) is 11.5 Å². The fourth-order valence-corrected chi connectivity index (χ4v) is 4.74. The summed E-state index contributed by atoms with van der Waals surface area (Å²) in [5.74, 6) is 1.43. The Labute approximate surface area is 185 Å². The minimum Gasteiger partial charge on any atom is -0.497 e. The number of benzene rings is 2. The van der Waals surface area contributed by atoms with Crippen molar-refractivity contribution in [1.29, 1.82) is 5.26 Å². The summed E-state index contributed by atoms with van der Waals surface area (Å²) < 4.78 is 35.0. The summed E-state index contributed by atoms with van der Waals surface area (Å²) >= 11 is 0. The number of rotatable bonds is 12.